The molecule has 2 heterocycles. The van der Waals surface area contributed by atoms with Gasteiger partial charge in [-0.2, -0.15) is 0 Å². The lowest BCUT2D eigenvalue weighted by Crippen LogP contribution is -2.59. The Balaban J connectivity index is 2.09. The predicted molar refractivity (Wildman–Crippen MR) is 65.2 cm³/mol. The van der Waals surface area contributed by atoms with Gasteiger partial charge in [-0.3, -0.25) is 0 Å². The van der Waals surface area contributed by atoms with Gasteiger partial charge in [-0.05, 0) is 38.5 Å². The standard InChI is InChI=1S/C13H24O5/c14-7-1-4-10(15)13(16,11-5-2-8-17-11)12-6-3-9-18-12/h10-12,14-16H,1-9H2. The average molecular weight is 260 g/mol. The lowest BCUT2D eigenvalue weighted by atomic mass is 9.80. The van der Waals surface area contributed by atoms with Gasteiger partial charge in [0.25, 0.3) is 0 Å². The summed E-state index contributed by atoms with van der Waals surface area (Å²) in [5.41, 5.74) is -1.33. The van der Waals surface area contributed by atoms with Gasteiger partial charge in [0.15, 0.2) is 0 Å². The molecule has 0 aromatic heterocycles. The van der Waals surface area contributed by atoms with Crippen LogP contribution in [0.2, 0.25) is 0 Å². The Morgan fingerprint density at radius 1 is 1.11 bits per heavy atom. The van der Waals surface area contributed by atoms with Gasteiger partial charge in [0.2, 0.25) is 0 Å². The molecule has 0 aromatic carbocycles. The average Bonchev–Trinajstić information content (AvgIpc) is 3.05. The molecule has 2 fully saturated rings. The third kappa shape index (κ3) is 2.70. The second-order valence-electron chi connectivity index (χ2n) is 5.27. The number of ether oxygens (including phenoxy) is 2. The molecule has 3 atom stereocenters. The van der Waals surface area contributed by atoms with Gasteiger partial charge in [-0.1, -0.05) is 0 Å². The quantitative estimate of drug-likeness (QED) is 0.636. The summed E-state index contributed by atoms with van der Waals surface area (Å²) in [6.07, 6.45) is 2.56. The second kappa shape index (κ2) is 6.30. The molecule has 5 nitrogen and oxygen atoms in total. The van der Waals surface area contributed by atoms with Crippen molar-refractivity contribution >= 4 is 0 Å². The topological polar surface area (TPSA) is 79.2 Å². The summed E-state index contributed by atoms with van der Waals surface area (Å²) in [6.45, 7) is 1.28. The molecule has 0 aliphatic carbocycles. The number of aliphatic hydroxyl groups is 3. The Kier molecular flexibility index (Phi) is 4.98. The van der Waals surface area contributed by atoms with E-state index in [4.69, 9.17) is 14.6 Å². The first-order chi connectivity index (χ1) is 8.69. The molecule has 2 rings (SSSR count). The maximum Gasteiger partial charge on any atom is 0.142 e. The molecule has 0 saturated carbocycles. The van der Waals surface area contributed by atoms with Crippen LogP contribution in [0.4, 0.5) is 0 Å². The number of rotatable bonds is 6. The normalized spacial score (nSPS) is 33.5. The van der Waals surface area contributed by atoms with E-state index in [0.717, 1.165) is 25.7 Å². The van der Waals surface area contributed by atoms with Crippen LogP contribution < -0.4 is 0 Å². The Hall–Kier alpha value is -0.200. The van der Waals surface area contributed by atoms with Crippen LogP contribution in [0.1, 0.15) is 38.5 Å². The molecule has 5 heteroatoms. The van der Waals surface area contributed by atoms with E-state index in [2.05, 4.69) is 0 Å². The van der Waals surface area contributed by atoms with Crippen LogP contribution in [0.15, 0.2) is 0 Å². The SMILES string of the molecule is OCCCC(O)C(O)(C1CCCO1)C1CCCO1. The minimum Gasteiger partial charge on any atom is -0.396 e. The molecular weight excluding hydrogens is 236 g/mol. The van der Waals surface area contributed by atoms with E-state index < -0.39 is 11.7 Å². The lowest BCUT2D eigenvalue weighted by Gasteiger charge is -2.41. The van der Waals surface area contributed by atoms with Crippen LogP contribution in [0.3, 0.4) is 0 Å². The van der Waals surface area contributed by atoms with Crippen molar-refractivity contribution in [2.45, 2.75) is 62.4 Å². The molecule has 2 saturated heterocycles. The van der Waals surface area contributed by atoms with Crippen molar-refractivity contribution in [2.75, 3.05) is 19.8 Å². The smallest absolute Gasteiger partial charge is 0.142 e. The Morgan fingerprint density at radius 3 is 2.06 bits per heavy atom. The van der Waals surface area contributed by atoms with Crippen LogP contribution in [-0.2, 0) is 9.47 Å². The highest BCUT2D eigenvalue weighted by Gasteiger charge is 2.52. The predicted octanol–water partition coefficient (Wildman–Crippen LogP) is 0.209. The molecule has 0 spiro atoms. The van der Waals surface area contributed by atoms with Crippen molar-refractivity contribution in [2.24, 2.45) is 0 Å². The van der Waals surface area contributed by atoms with Crippen LogP contribution in [-0.4, -0.2) is 59.1 Å². The monoisotopic (exact) mass is 260 g/mol. The minimum atomic E-state index is -1.33. The zero-order chi connectivity index (χ0) is 13.0. The third-order valence-electron chi connectivity index (χ3n) is 4.06. The van der Waals surface area contributed by atoms with Crippen LogP contribution in [0, 0.1) is 0 Å². The molecule has 3 N–H and O–H groups in total. The van der Waals surface area contributed by atoms with Crippen LogP contribution in [0.25, 0.3) is 0 Å². The fourth-order valence-electron chi connectivity index (χ4n) is 3.04. The maximum atomic E-state index is 10.9. The van der Waals surface area contributed by atoms with E-state index in [0.29, 0.717) is 26.1 Å². The Bertz CT molecular complexity index is 230. The molecular formula is C13H24O5. The number of hydrogen-bond acceptors (Lipinski definition) is 5. The molecule has 2 aliphatic heterocycles. The Morgan fingerprint density at radius 2 is 1.67 bits per heavy atom. The summed E-state index contributed by atoms with van der Waals surface area (Å²) >= 11 is 0. The highest BCUT2D eigenvalue weighted by Crippen LogP contribution is 2.37. The van der Waals surface area contributed by atoms with Gasteiger partial charge in [0.05, 0.1) is 18.3 Å². The summed E-state index contributed by atoms with van der Waals surface area (Å²) < 4.78 is 11.2. The molecule has 2 aliphatic rings. The molecule has 0 aromatic rings. The van der Waals surface area contributed by atoms with Crippen molar-refractivity contribution in [3.63, 3.8) is 0 Å². The summed E-state index contributed by atoms with van der Waals surface area (Å²) in [6, 6.07) is 0. The highest BCUT2D eigenvalue weighted by atomic mass is 16.5. The van der Waals surface area contributed by atoms with Gasteiger partial charge >= 0.3 is 0 Å². The fourth-order valence-corrected chi connectivity index (χ4v) is 3.04. The van der Waals surface area contributed by atoms with Gasteiger partial charge in [-0.15, -0.1) is 0 Å². The molecule has 0 radical (unpaired) electrons. The van der Waals surface area contributed by atoms with Crippen molar-refractivity contribution in [3.05, 3.63) is 0 Å². The molecule has 0 amide bonds. The van der Waals surface area contributed by atoms with E-state index >= 15 is 0 Å². The second-order valence-corrected chi connectivity index (χ2v) is 5.27. The van der Waals surface area contributed by atoms with Gasteiger partial charge in [0, 0.05) is 19.8 Å². The molecule has 0 bridgehead atoms. The molecule has 18 heavy (non-hydrogen) atoms. The van der Waals surface area contributed by atoms with E-state index in [1.54, 1.807) is 0 Å². The van der Waals surface area contributed by atoms with E-state index in [1.807, 2.05) is 0 Å². The summed E-state index contributed by atoms with van der Waals surface area (Å²) in [5.74, 6) is 0. The largest absolute Gasteiger partial charge is 0.396 e. The third-order valence-corrected chi connectivity index (χ3v) is 4.06. The minimum absolute atomic E-state index is 0.0180. The first-order valence-electron chi connectivity index (χ1n) is 6.94. The molecule has 3 unspecified atom stereocenters. The van der Waals surface area contributed by atoms with Gasteiger partial charge < -0.3 is 24.8 Å². The number of aliphatic hydroxyl groups excluding tert-OH is 2. The fraction of sp³-hybridized carbons (Fsp3) is 1.00. The van der Waals surface area contributed by atoms with Gasteiger partial charge in [-0.25, -0.2) is 0 Å². The zero-order valence-electron chi connectivity index (χ0n) is 10.8. The number of hydrogen-bond donors (Lipinski definition) is 3. The molecule has 106 valence electrons. The van der Waals surface area contributed by atoms with Crippen LogP contribution >= 0.6 is 0 Å². The van der Waals surface area contributed by atoms with Crippen molar-refractivity contribution in [3.8, 4) is 0 Å². The van der Waals surface area contributed by atoms with E-state index in [-0.39, 0.29) is 18.8 Å². The first kappa shape index (κ1) is 14.2. The summed E-state index contributed by atoms with van der Waals surface area (Å²) in [4.78, 5) is 0. The first-order valence-corrected chi connectivity index (χ1v) is 6.94. The highest BCUT2D eigenvalue weighted by molar-refractivity contribution is 5.02. The van der Waals surface area contributed by atoms with Crippen molar-refractivity contribution in [1.82, 2.24) is 0 Å². The lowest BCUT2D eigenvalue weighted by molar-refractivity contribution is -0.207. The van der Waals surface area contributed by atoms with Gasteiger partial charge in [0.1, 0.15) is 5.60 Å². The maximum absolute atomic E-state index is 10.9. The summed E-state index contributed by atoms with van der Waals surface area (Å²) in [7, 11) is 0. The zero-order valence-corrected chi connectivity index (χ0v) is 10.8. The van der Waals surface area contributed by atoms with Crippen molar-refractivity contribution in [1.29, 1.82) is 0 Å². The van der Waals surface area contributed by atoms with Crippen molar-refractivity contribution < 1.29 is 24.8 Å². The van der Waals surface area contributed by atoms with E-state index in [1.165, 1.54) is 0 Å². The Labute approximate surface area is 108 Å². The summed E-state index contributed by atoms with van der Waals surface area (Å²) in [5, 5.41) is 30.1. The van der Waals surface area contributed by atoms with E-state index in [9.17, 15) is 10.2 Å². The van der Waals surface area contributed by atoms with Crippen LogP contribution in [0.5, 0.6) is 0 Å².